The van der Waals surface area contributed by atoms with Crippen molar-refractivity contribution in [2.45, 2.75) is 19.4 Å². The van der Waals surface area contributed by atoms with Crippen LogP contribution in [0, 0.1) is 0 Å². The van der Waals surface area contributed by atoms with Crippen LogP contribution in [0.15, 0.2) is 85.5 Å². The van der Waals surface area contributed by atoms with Gasteiger partial charge in [0, 0.05) is 18.9 Å². The molecule has 3 rings (SSSR count). The number of rotatable bonds is 6. The third-order valence-electron chi connectivity index (χ3n) is 3.70. The van der Waals surface area contributed by atoms with Crippen molar-refractivity contribution in [2.24, 2.45) is 0 Å². The zero-order chi connectivity index (χ0) is 15.0. The molecule has 0 aliphatic rings. The highest BCUT2D eigenvalue weighted by molar-refractivity contribution is 5.79. The minimum absolute atomic E-state index is 1.01. The number of allylic oxidation sites excluding steroid dienone is 1. The van der Waals surface area contributed by atoms with Gasteiger partial charge in [-0.2, -0.15) is 0 Å². The first-order valence-corrected chi connectivity index (χ1v) is 7.70. The van der Waals surface area contributed by atoms with Gasteiger partial charge in [-0.25, -0.2) is 4.98 Å². The molecule has 0 fully saturated rings. The molecule has 1 aromatic heterocycles. The number of hydrogen-bond acceptors (Lipinski definition) is 1. The summed E-state index contributed by atoms with van der Waals surface area (Å²) >= 11 is 0. The molecule has 1 heterocycles. The van der Waals surface area contributed by atoms with Gasteiger partial charge < -0.3 is 4.57 Å². The Kier molecular flexibility index (Phi) is 4.83. The molecular formula is C20H20N2. The zero-order valence-corrected chi connectivity index (χ0v) is 12.6. The Hall–Kier alpha value is -2.61. The van der Waals surface area contributed by atoms with Gasteiger partial charge in [-0.15, -0.1) is 0 Å². The third kappa shape index (κ3) is 3.73. The van der Waals surface area contributed by atoms with Crippen molar-refractivity contribution in [3.63, 3.8) is 0 Å². The summed E-state index contributed by atoms with van der Waals surface area (Å²) in [5.74, 6) is 0. The standard InChI is InChI=1S/C20H20N2/c1-3-9-18(10-4-1)20(19-11-5-2-6-12-19)13-7-8-15-22-16-14-21-17-22/h1-6,9-14,16-17H,7-8,15H2. The Morgan fingerprint density at radius 3 is 2.09 bits per heavy atom. The van der Waals surface area contributed by atoms with Crippen LogP contribution in [0.3, 0.4) is 0 Å². The van der Waals surface area contributed by atoms with Crippen LogP contribution in [0.2, 0.25) is 0 Å². The Morgan fingerprint density at radius 2 is 1.55 bits per heavy atom. The molecule has 3 aromatic rings. The number of benzene rings is 2. The van der Waals surface area contributed by atoms with Crippen molar-refractivity contribution >= 4 is 5.57 Å². The molecule has 0 radical (unpaired) electrons. The first-order chi connectivity index (χ1) is 10.9. The Labute approximate surface area is 131 Å². The van der Waals surface area contributed by atoms with Gasteiger partial charge in [-0.05, 0) is 29.5 Å². The topological polar surface area (TPSA) is 17.8 Å². The molecule has 110 valence electrons. The van der Waals surface area contributed by atoms with E-state index in [1.54, 1.807) is 0 Å². The molecule has 0 bridgehead atoms. The summed E-state index contributed by atoms with van der Waals surface area (Å²) in [5.41, 5.74) is 3.86. The molecule has 0 N–H and O–H groups in total. The van der Waals surface area contributed by atoms with E-state index < -0.39 is 0 Å². The van der Waals surface area contributed by atoms with Crippen molar-refractivity contribution in [2.75, 3.05) is 0 Å². The summed E-state index contributed by atoms with van der Waals surface area (Å²) in [6.07, 6.45) is 10.2. The molecular weight excluding hydrogens is 268 g/mol. The second-order valence-corrected chi connectivity index (χ2v) is 5.29. The predicted octanol–water partition coefficient (Wildman–Crippen LogP) is 4.80. The van der Waals surface area contributed by atoms with E-state index in [1.807, 2.05) is 18.7 Å². The fourth-order valence-corrected chi connectivity index (χ4v) is 2.58. The van der Waals surface area contributed by atoms with Gasteiger partial charge in [0.1, 0.15) is 0 Å². The zero-order valence-electron chi connectivity index (χ0n) is 12.6. The van der Waals surface area contributed by atoms with Crippen molar-refractivity contribution in [1.82, 2.24) is 9.55 Å². The Bertz CT molecular complexity index is 656. The maximum absolute atomic E-state index is 4.08. The molecule has 0 atom stereocenters. The molecule has 0 spiro atoms. The monoisotopic (exact) mass is 288 g/mol. The minimum Gasteiger partial charge on any atom is -0.337 e. The van der Waals surface area contributed by atoms with Crippen LogP contribution in [0.4, 0.5) is 0 Å². The average Bonchev–Trinajstić information content (AvgIpc) is 3.10. The fourth-order valence-electron chi connectivity index (χ4n) is 2.58. The number of aryl methyl sites for hydroxylation is 1. The molecule has 0 aliphatic heterocycles. The molecule has 0 saturated carbocycles. The third-order valence-corrected chi connectivity index (χ3v) is 3.70. The van der Waals surface area contributed by atoms with Crippen molar-refractivity contribution < 1.29 is 0 Å². The lowest BCUT2D eigenvalue weighted by Gasteiger charge is -2.09. The summed E-state index contributed by atoms with van der Waals surface area (Å²) in [4.78, 5) is 4.08. The Balaban J connectivity index is 1.75. The number of nitrogens with zero attached hydrogens (tertiary/aromatic N) is 2. The van der Waals surface area contributed by atoms with E-state index in [0.29, 0.717) is 0 Å². The van der Waals surface area contributed by atoms with Crippen LogP contribution in [-0.2, 0) is 6.54 Å². The first-order valence-electron chi connectivity index (χ1n) is 7.70. The largest absolute Gasteiger partial charge is 0.337 e. The van der Waals surface area contributed by atoms with E-state index in [1.165, 1.54) is 16.7 Å². The maximum atomic E-state index is 4.08. The normalized spacial score (nSPS) is 10.4. The smallest absolute Gasteiger partial charge is 0.0945 e. The van der Waals surface area contributed by atoms with Gasteiger partial charge in [0.25, 0.3) is 0 Å². The maximum Gasteiger partial charge on any atom is 0.0945 e. The minimum atomic E-state index is 1.01. The Morgan fingerprint density at radius 1 is 0.909 bits per heavy atom. The molecule has 2 nitrogen and oxygen atoms in total. The summed E-state index contributed by atoms with van der Waals surface area (Å²) < 4.78 is 2.12. The fraction of sp³-hybridized carbons (Fsp3) is 0.150. The molecule has 0 unspecified atom stereocenters. The van der Waals surface area contributed by atoms with Crippen molar-refractivity contribution in [3.8, 4) is 0 Å². The van der Waals surface area contributed by atoms with E-state index >= 15 is 0 Å². The number of unbranched alkanes of at least 4 members (excludes halogenated alkanes) is 1. The van der Waals surface area contributed by atoms with Crippen LogP contribution in [0.25, 0.3) is 5.57 Å². The first kappa shape index (κ1) is 14.3. The van der Waals surface area contributed by atoms with Crippen molar-refractivity contribution in [3.05, 3.63) is 96.6 Å². The molecule has 0 amide bonds. The second kappa shape index (κ2) is 7.41. The summed E-state index contributed by atoms with van der Waals surface area (Å²) in [6.45, 7) is 1.01. The van der Waals surface area contributed by atoms with Crippen LogP contribution in [0.1, 0.15) is 24.0 Å². The van der Waals surface area contributed by atoms with E-state index in [-0.39, 0.29) is 0 Å². The highest BCUT2D eigenvalue weighted by Gasteiger charge is 2.03. The molecule has 2 aromatic carbocycles. The quantitative estimate of drug-likeness (QED) is 0.596. The van der Waals surface area contributed by atoms with Gasteiger partial charge in [0.15, 0.2) is 0 Å². The van der Waals surface area contributed by atoms with Crippen LogP contribution >= 0.6 is 0 Å². The lowest BCUT2D eigenvalue weighted by atomic mass is 9.96. The molecule has 22 heavy (non-hydrogen) atoms. The van der Waals surface area contributed by atoms with E-state index in [4.69, 9.17) is 0 Å². The number of imidazole rings is 1. The van der Waals surface area contributed by atoms with Gasteiger partial charge in [0.2, 0.25) is 0 Å². The summed E-state index contributed by atoms with van der Waals surface area (Å²) in [7, 11) is 0. The van der Waals surface area contributed by atoms with E-state index in [2.05, 4.69) is 76.3 Å². The van der Waals surface area contributed by atoms with Crippen molar-refractivity contribution in [1.29, 1.82) is 0 Å². The molecule has 0 saturated heterocycles. The number of aromatic nitrogens is 2. The second-order valence-electron chi connectivity index (χ2n) is 5.29. The van der Waals surface area contributed by atoms with Crippen LogP contribution in [-0.4, -0.2) is 9.55 Å². The van der Waals surface area contributed by atoms with E-state index in [0.717, 1.165) is 19.4 Å². The molecule has 2 heteroatoms. The SMILES string of the molecule is C(CCCn1ccnc1)=C(c1ccccc1)c1ccccc1. The lowest BCUT2D eigenvalue weighted by molar-refractivity contribution is 0.650. The van der Waals surface area contributed by atoms with E-state index in [9.17, 15) is 0 Å². The summed E-state index contributed by atoms with van der Waals surface area (Å²) in [5, 5.41) is 0. The predicted molar refractivity (Wildman–Crippen MR) is 91.4 cm³/mol. The van der Waals surface area contributed by atoms with Crippen LogP contribution < -0.4 is 0 Å². The summed E-state index contributed by atoms with van der Waals surface area (Å²) in [6, 6.07) is 21.2. The molecule has 0 aliphatic carbocycles. The van der Waals surface area contributed by atoms with Gasteiger partial charge in [-0.1, -0.05) is 66.7 Å². The lowest BCUT2D eigenvalue weighted by Crippen LogP contribution is -1.94. The van der Waals surface area contributed by atoms with Gasteiger partial charge in [-0.3, -0.25) is 0 Å². The highest BCUT2D eigenvalue weighted by Crippen LogP contribution is 2.24. The number of hydrogen-bond donors (Lipinski definition) is 0. The van der Waals surface area contributed by atoms with Crippen LogP contribution in [0.5, 0.6) is 0 Å². The van der Waals surface area contributed by atoms with Gasteiger partial charge >= 0.3 is 0 Å². The highest BCUT2D eigenvalue weighted by atomic mass is 15.0. The average molecular weight is 288 g/mol. The van der Waals surface area contributed by atoms with Gasteiger partial charge in [0.05, 0.1) is 6.33 Å².